The summed E-state index contributed by atoms with van der Waals surface area (Å²) in [5.41, 5.74) is 0.448. The molecule has 0 aromatic heterocycles. The molecule has 1 aliphatic heterocycles. The van der Waals surface area contributed by atoms with Crippen LogP contribution in [0.1, 0.15) is 33.1 Å². The second kappa shape index (κ2) is 10.7. The molecule has 0 saturated carbocycles. The van der Waals surface area contributed by atoms with Crippen molar-refractivity contribution in [2.75, 3.05) is 49.9 Å². The predicted octanol–water partition coefficient (Wildman–Crippen LogP) is 2.09. The lowest BCUT2D eigenvalue weighted by Gasteiger charge is -2.30. The van der Waals surface area contributed by atoms with E-state index >= 15 is 0 Å². The first-order valence-electron chi connectivity index (χ1n) is 9.99. The van der Waals surface area contributed by atoms with Gasteiger partial charge in [0.2, 0.25) is 15.9 Å². The minimum atomic E-state index is -3.57. The summed E-state index contributed by atoms with van der Waals surface area (Å²) in [6.07, 6.45) is 4.44. The van der Waals surface area contributed by atoms with Gasteiger partial charge in [-0.25, -0.2) is 8.42 Å². The molecule has 7 nitrogen and oxygen atoms in total. The van der Waals surface area contributed by atoms with Gasteiger partial charge < -0.3 is 15.0 Å². The zero-order valence-corrected chi connectivity index (χ0v) is 18.0. The van der Waals surface area contributed by atoms with Crippen molar-refractivity contribution in [1.29, 1.82) is 0 Å². The normalized spacial score (nSPS) is 16.0. The molecule has 0 aliphatic carbocycles. The number of piperidine rings is 1. The van der Waals surface area contributed by atoms with Crippen molar-refractivity contribution in [3.05, 3.63) is 24.3 Å². The first-order valence-corrected chi connectivity index (χ1v) is 11.8. The lowest BCUT2D eigenvalue weighted by Crippen LogP contribution is -2.41. The predicted molar refractivity (Wildman–Crippen MR) is 112 cm³/mol. The summed E-state index contributed by atoms with van der Waals surface area (Å²) >= 11 is 0. The van der Waals surface area contributed by atoms with Gasteiger partial charge in [-0.1, -0.05) is 6.92 Å². The summed E-state index contributed by atoms with van der Waals surface area (Å²) in [6.45, 7) is 8.22. The van der Waals surface area contributed by atoms with Crippen LogP contribution in [0.4, 0.5) is 5.69 Å². The average molecular weight is 412 g/mol. The summed E-state index contributed by atoms with van der Waals surface area (Å²) in [4.78, 5) is 14.7. The molecule has 1 amide bonds. The highest BCUT2D eigenvalue weighted by molar-refractivity contribution is 7.92. The van der Waals surface area contributed by atoms with Crippen molar-refractivity contribution in [3.8, 4) is 5.75 Å². The highest BCUT2D eigenvalue weighted by atomic mass is 32.2. The first-order chi connectivity index (χ1) is 13.3. The fourth-order valence-electron chi connectivity index (χ4n) is 3.28. The van der Waals surface area contributed by atoms with Crippen LogP contribution in [0.5, 0.6) is 5.75 Å². The molecule has 0 bridgehead atoms. The maximum Gasteiger partial charge on any atom is 0.240 e. The molecule has 1 aromatic rings. The number of benzene rings is 1. The Morgan fingerprint density at radius 1 is 1.25 bits per heavy atom. The molecular weight excluding hydrogens is 378 g/mol. The molecule has 28 heavy (non-hydrogen) atoms. The molecular formula is C20H33N3O4S. The van der Waals surface area contributed by atoms with E-state index in [1.165, 1.54) is 12.8 Å². The maximum atomic E-state index is 12.3. The molecule has 1 aromatic carbocycles. The fourth-order valence-corrected chi connectivity index (χ4v) is 4.13. The van der Waals surface area contributed by atoms with E-state index in [9.17, 15) is 13.2 Å². The Morgan fingerprint density at radius 3 is 2.46 bits per heavy atom. The molecule has 158 valence electrons. The lowest BCUT2D eigenvalue weighted by molar-refractivity contribution is -0.119. The molecule has 0 atom stereocenters. The van der Waals surface area contributed by atoms with E-state index in [0.717, 1.165) is 42.5 Å². The Hall–Kier alpha value is -1.80. The van der Waals surface area contributed by atoms with Crippen LogP contribution in [0.25, 0.3) is 0 Å². The summed E-state index contributed by atoms with van der Waals surface area (Å²) in [5.74, 6) is 1.17. The second-order valence-electron chi connectivity index (χ2n) is 7.42. The van der Waals surface area contributed by atoms with Gasteiger partial charge in [-0.2, -0.15) is 0 Å². The van der Waals surface area contributed by atoms with Crippen LogP contribution in [0.2, 0.25) is 0 Å². The molecule has 1 aliphatic rings. The van der Waals surface area contributed by atoms with Gasteiger partial charge in [0.15, 0.2) is 0 Å². The van der Waals surface area contributed by atoms with Crippen LogP contribution in [0.3, 0.4) is 0 Å². The molecule has 0 radical (unpaired) electrons. The number of carbonyl (C=O) groups is 1. The Balaban J connectivity index is 1.82. The van der Waals surface area contributed by atoms with Gasteiger partial charge in [-0.05, 0) is 76.0 Å². The zero-order chi connectivity index (χ0) is 20.6. The Labute approximate surface area is 169 Å². The van der Waals surface area contributed by atoms with Gasteiger partial charge in [0.25, 0.3) is 0 Å². The Kier molecular flexibility index (Phi) is 8.57. The highest BCUT2D eigenvalue weighted by Gasteiger charge is 2.21. The van der Waals surface area contributed by atoms with Gasteiger partial charge in [0.05, 0.1) is 18.6 Å². The van der Waals surface area contributed by atoms with Gasteiger partial charge in [-0.15, -0.1) is 0 Å². The van der Waals surface area contributed by atoms with Crippen LogP contribution in [-0.4, -0.2) is 64.8 Å². The van der Waals surface area contributed by atoms with Crippen LogP contribution in [0.15, 0.2) is 24.3 Å². The molecule has 1 fully saturated rings. The Bertz CT molecular complexity index is 713. The SMILES string of the molecule is CCOc1ccc(N(CC(=O)NCCCN2CCC(C)CC2)S(C)(=O)=O)cc1. The molecule has 0 spiro atoms. The van der Waals surface area contributed by atoms with E-state index < -0.39 is 10.0 Å². The number of ether oxygens (including phenoxy) is 1. The summed E-state index contributed by atoms with van der Waals surface area (Å²) in [7, 11) is -3.57. The quantitative estimate of drug-likeness (QED) is 0.597. The monoisotopic (exact) mass is 411 g/mol. The molecule has 2 rings (SSSR count). The number of sulfonamides is 1. The van der Waals surface area contributed by atoms with Gasteiger partial charge >= 0.3 is 0 Å². The number of nitrogens with one attached hydrogen (secondary N) is 1. The van der Waals surface area contributed by atoms with Crippen LogP contribution in [-0.2, 0) is 14.8 Å². The van der Waals surface area contributed by atoms with Gasteiger partial charge in [-0.3, -0.25) is 9.10 Å². The van der Waals surface area contributed by atoms with Crippen LogP contribution in [0, 0.1) is 5.92 Å². The van der Waals surface area contributed by atoms with Crippen molar-refractivity contribution in [3.63, 3.8) is 0 Å². The molecule has 1 heterocycles. The first kappa shape index (κ1) is 22.5. The minimum Gasteiger partial charge on any atom is -0.494 e. The number of amides is 1. The van der Waals surface area contributed by atoms with E-state index in [0.29, 0.717) is 24.6 Å². The van der Waals surface area contributed by atoms with E-state index in [4.69, 9.17) is 4.74 Å². The number of likely N-dealkylation sites (tertiary alicyclic amines) is 1. The van der Waals surface area contributed by atoms with Gasteiger partial charge in [0.1, 0.15) is 12.3 Å². The van der Waals surface area contributed by atoms with Gasteiger partial charge in [0, 0.05) is 6.54 Å². The fraction of sp³-hybridized carbons (Fsp3) is 0.650. The smallest absolute Gasteiger partial charge is 0.240 e. The topological polar surface area (TPSA) is 79.0 Å². The standard InChI is InChI=1S/C20H33N3O4S/c1-4-27-19-8-6-18(7-9-19)23(28(3,25)26)16-20(24)21-12-5-13-22-14-10-17(2)11-15-22/h6-9,17H,4-5,10-16H2,1-3H3,(H,21,24). The van der Waals surface area contributed by atoms with E-state index in [1.807, 2.05) is 6.92 Å². The van der Waals surface area contributed by atoms with Crippen LogP contribution < -0.4 is 14.4 Å². The summed E-state index contributed by atoms with van der Waals surface area (Å²) < 4.78 is 30.8. The van der Waals surface area contributed by atoms with Crippen molar-refractivity contribution in [2.24, 2.45) is 5.92 Å². The number of anilines is 1. The number of hydrogen-bond donors (Lipinski definition) is 1. The number of rotatable bonds is 10. The lowest BCUT2D eigenvalue weighted by atomic mass is 9.99. The van der Waals surface area contributed by atoms with Crippen molar-refractivity contribution < 1.29 is 17.9 Å². The third-order valence-electron chi connectivity index (χ3n) is 4.97. The maximum absolute atomic E-state index is 12.3. The molecule has 0 unspecified atom stereocenters. The van der Waals surface area contributed by atoms with E-state index in [2.05, 4.69) is 17.1 Å². The third-order valence-corrected chi connectivity index (χ3v) is 6.11. The number of carbonyl (C=O) groups excluding carboxylic acids is 1. The third kappa shape index (κ3) is 7.31. The summed E-state index contributed by atoms with van der Waals surface area (Å²) in [6, 6.07) is 6.70. The average Bonchev–Trinajstić information content (AvgIpc) is 2.65. The highest BCUT2D eigenvalue weighted by Crippen LogP contribution is 2.21. The summed E-state index contributed by atoms with van der Waals surface area (Å²) in [5, 5.41) is 2.84. The van der Waals surface area contributed by atoms with Crippen LogP contribution >= 0.6 is 0 Å². The molecule has 1 saturated heterocycles. The minimum absolute atomic E-state index is 0.228. The molecule has 1 N–H and O–H groups in total. The zero-order valence-electron chi connectivity index (χ0n) is 17.2. The second-order valence-corrected chi connectivity index (χ2v) is 9.33. The largest absolute Gasteiger partial charge is 0.494 e. The van der Waals surface area contributed by atoms with Crippen molar-refractivity contribution >= 4 is 21.6 Å². The van der Waals surface area contributed by atoms with E-state index in [1.54, 1.807) is 24.3 Å². The number of nitrogens with zero attached hydrogens (tertiary/aromatic N) is 2. The van der Waals surface area contributed by atoms with Crippen molar-refractivity contribution in [1.82, 2.24) is 10.2 Å². The Morgan fingerprint density at radius 2 is 1.89 bits per heavy atom. The van der Waals surface area contributed by atoms with Crippen molar-refractivity contribution in [2.45, 2.75) is 33.1 Å². The molecule has 8 heteroatoms. The number of hydrogen-bond acceptors (Lipinski definition) is 5. The van der Waals surface area contributed by atoms with E-state index in [-0.39, 0.29) is 12.5 Å².